The fourth-order valence-electron chi connectivity index (χ4n) is 1.26. The molecule has 1 aromatic heterocycles. The number of hydrogen-bond acceptors (Lipinski definition) is 3. The molecule has 0 bridgehead atoms. The van der Waals surface area contributed by atoms with Crippen LogP contribution in [-0.4, -0.2) is 5.16 Å². The summed E-state index contributed by atoms with van der Waals surface area (Å²) in [6.45, 7) is 1.42. The van der Waals surface area contributed by atoms with Crippen molar-refractivity contribution in [3.05, 3.63) is 23.9 Å². The molecule has 4 heteroatoms. The zero-order valence-corrected chi connectivity index (χ0v) is 7.12. The summed E-state index contributed by atoms with van der Waals surface area (Å²) in [5.74, 6) is 0. The van der Waals surface area contributed by atoms with Gasteiger partial charge in [0.05, 0.1) is 0 Å². The topological polar surface area (TPSA) is 52.0 Å². The van der Waals surface area contributed by atoms with Crippen LogP contribution in [0.2, 0.25) is 0 Å². The van der Waals surface area contributed by atoms with E-state index in [4.69, 9.17) is 10.3 Å². The Bertz CT molecular complexity index is 436. The Morgan fingerprint density at radius 2 is 2.31 bits per heavy atom. The van der Waals surface area contributed by atoms with E-state index in [-0.39, 0.29) is 0 Å². The van der Waals surface area contributed by atoms with Crippen LogP contribution in [0.5, 0.6) is 0 Å². The maximum Gasteiger partial charge on any atom is 0.167 e. The summed E-state index contributed by atoms with van der Waals surface area (Å²) >= 11 is 0. The van der Waals surface area contributed by atoms with Gasteiger partial charge in [0.25, 0.3) is 0 Å². The van der Waals surface area contributed by atoms with Gasteiger partial charge in [-0.2, -0.15) is 0 Å². The van der Waals surface area contributed by atoms with E-state index in [9.17, 15) is 4.39 Å². The van der Waals surface area contributed by atoms with Crippen molar-refractivity contribution in [2.45, 2.75) is 13.1 Å². The molecule has 1 unspecified atom stereocenters. The number of rotatable bonds is 1. The molecule has 2 N–H and O–H groups in total. The van der Waals surface area contributed by atoms with Crippen molar-refractivity contribution in [1.29, 1.82) is 0 Å². The maximum absolute atomic E-state index is 13.0. The molecule has 0 aliphatic rings. The zero-order chi connectivity index (χ0) is 9.42. The van der Waals surface area contributed by atoms with Crippen molar-refractivity contribution in [3.63, 3.8) is 0 Å². The van der Waals surface area contributed by atoms with Gasteiger partial charge in [-0.25, -0.2) is 4.39 Å². The first kappa shape index (κ1) is 8.04. The van der Waals surface area contributed by atoms with Gasteiger partial charge in [-0.1, -0.05) is 5.16 Å². The number of nitrogen functional groups attached to an aromatic ring is 1. The highest BCUT2D eigenvalue weighted by Gasteiger charge is 2.13. The van der Waals surface area contributed by atoms with E-state index in [0.717, 1.165) is 0 Å². The molecular weight excluding hydrogens is 171 g/mol. The van der Waals surface area contributed by atoms with E-state index in [1.54, 1.807) is 18.2 Å². The summed E-state index contributed by atoms with van der Waals surface area (Å²) in [5.41, 5.74) is 7.01. The minimum atomic E-state index is -1.14. The predicted octanol–water partition coefficient (Wildman–Crippen LogP) is 2.44. The molecule has 3 nitrogen and oxygen atoms in total. The van der Waals surface area contributed by atoms with Gasteiger partial charge in [0.1, 0.15) is 11.9 Å². The first-order valence-corrected chi connectivity index (χ1v) is 3.97. The van der Waals surface area contributed by atoms with Crippen LogP contribution in [-0.2, 0) is 0 Å². The van der Waals surface area contributed by atoms with Gasteiger partial charge in [0.15, 0.2) is 5.58 Å². The highest BCUT2D eigenvalue weighted by atomic mass is 19.1. The standard InChI is InChI=1S/C9H9FN2O/c1-5(10)9-7-4-6(11)2-3-8(7)13-12-9/h2-5H,11H2,1H3. The fraction of sp³-hybridized carbons (Fsp3) is 0.222. The largest absolute Gasteiger partial charge is 0.399 e. The Morgan fingerprint density at radius 1 is 1.54 bits per heavy atom. The minimum absolute atomic E-state index is 0.308. The lowest BCUT2D eigenvalue weighted by Crippen LogP contribution is -1.87. The van der Waals surface area contributed by atoms with Crippen LogP contribution in [0, 0.1) is 0 Å². The highest BCUT2D eigenvalue weighted by molar-refractivity contribution is 5.82. The molecule has 0 spiro atoms. The molecule has 0 fully saturated rings. The Kier molecular flexibility index (Phi) is 1.69. The predicted molar refractivity (Wildman–Crippen MR) is 47.9 cm³/mol. The highest BCUT2D eigenvalue weighted by Crippen LogP contribution is 2.26. The molecular formula is C9H9FN2O. The van der Waals surface area contributed by atoms with Crippen molar-refractivity contribution >= 4 is 16.7 Å². The zero-order valence-electron chi connectivity index (χ0n) is 7.12. The summed E-state index contributed by atoms with van der Waals surface area (Å²) in [5, 5.41) is 4.28. The number of hydrogen-bond donors (Lipinski definition) is 1. The monoisotopic (exact) mass is 180 g/mol. The van der Waals surface area contributed by atoms with Crippen LogP contribution in [0.4, 0.5) is 10.1 Å². The summed E-state index contributed by atoms with van der Waals surface area (Å²) in [4.78, 5) is 0. The third-order valence-corrected chi connectivity index (χ3v) is 1.90. The number of nitrogens with two attached hydrogens (primary N) is 1. The van der Waals surface area contributed by atoms with Gasteiger partial charge in [-0.15, -0.1) is 0 Å². The number of anilines is 1. The Hall–Kier alpha value is -1.58. The van der Waals surface area contributed by atoms with E-state index in [0.29, 0.717) is 22.4 Å². The van der Waals surface area contributed by atoms with E-state index in [1.165, 1.54) is 6.92 Å². The number of aromatic nitrogens is 1. The third-order valence-electron chi connectivity index (χ3n) is 1.90. The van der Waals surface area contributed by atoms with Gasteiger partial charge in [0, 0.05) is 11.1 Å². The Labute approximate surface area is 74.3 Å². The first-order chi connectivity index (χ1) is 6.18. The van der Waals surface area contributed by atoms with E-state index in [2.05, 4.69) is 5.16 Å². The number of fused-ring (bicyclic) bond motifs is 1. The molecule has 0 saturated heterocycles. The lowest BCUT2D eigenvalue weighted by molar-refractivity contribution is 0.342. The van der Waals surface area contributed by atoms with Gasteiger partial charge in [-0.05, 0) is 25.1 Å². The average Bonchev–Trinajstić information content (AvgIpc) is 2.46. The second-order valence-electron chi connectivity index (χ2n) is 2.94. The second-order valence-corrected chi connectivity index (χ2v) is 2.94. The van der Waals surface area contributed by atoms with Crippen LogP contribution >= 0.6 is 0 Å². The Morgan fingerprint density at radius 3 is 3.00 bits per heavy atom. The van der Waals surface area contributed by atoms with Crippen LogP contribution in [0.25, 0.3) is 11.0 Å². The molecule has 68 valence electrons. The smallest absolute Gasteiger partial charge is 0.167 e. The normalized spacial score (nSPS) is 13.4. The van der Waals surface area contributed by atoms with Crippen molar-refractivity contribution in [2.75, 3.05) is 5.73 Å². The quantitative estimate of drug-likeness (QED) is 0.685. The third kappa shape index (κ3) is 1.24. The molecule has 0 aliphatic heterocycles. The van der Waals surface area contributed by atoms with Crippen LogP contribution in [0.15, 0.2) is 22.7 Å². The van der Waals surface area contributed by atoms with Crippen molar-refractivity contribution in [2.24, 2.45) is 0 Å². The van der Waals surface area contributed by atoms with Crippen molar-refractivity contribution < 1.29 is 8.91 Å². The lowest BCUT2D eigenvalue weighted by Gasteiger charge is -1.95. The minimum Gasteiger partial charge on any atom is -0.399 e. The number of alkyl halides is 1. The SMILES string of the molecule is CC(F)c1noc2ccc(N)cc12. The summed E-state index contributed by atoms with van der Waals surface area (Å²) in [6, 6.07) is 5.04. The molecule has 0 amide bonds. The Balaban J connectivity index is 2.71. The summed E-state index contributed by atoms with van der Waals surface area (Å²) in [7, 11) is 0. The molecule has 1 atom stereocenters. The number of halogens is 1. The average molecular weight is 180 g/mol. The van der Waals surface area contributed by atoms with Crippen LogP contribution in [0.3, 0.4) is 0 Å². The second kappa shape index (κ2) is 2.73. The number of nitrogens with zero attached hydrogens (tertiary/aromatic N) is 1. The number of benzene rings is 1. The molecule has 0 radical (unpaired) electrons. The van der Waals surface area contributed by atoms with Gasteiger partial charge >= 0.3 is 0 Å². The molecule has 1 aromatic carbocycles. The maximum atomic E-state index is 13.0. The fourth-order valence-corrected chi connectivity index (χ4v) is 1.26. The molecule has 2 rings (SSSR count). The summed E-state index contributed by atoms with van der Waals surface area (Å²) < 4.78 is 17.9. The summed E-state index contributed by atoms with van der Waals surface area (Å²) in [6.07, 6.45) is -1.14. The van der Waals surface area contributed by atoms with Gasteiger partial charge in [0.2, 0.25) is 0 Å². The van der Waals surface area contributed by atoms with E-state index >= 15 is 0 Å². The van der Waals surface area contributed by atoms with Crippen LogP contribution in [0.1, 0.15) is 18.8 Å². The lowest BCUT2D eigenvalue weighted by atomic mass is 10.1. The molecule has 13 heavy (non-hydrogen) atoms. The molecule has 2 aromatic rings. The molecule has 0 aliphatic carbocycles. The van der Waals surface area contributed by atoms with Crippen LogP contribution < -0.4 is 5.73 Å². The molecule has 1 heterocycles. The van der Waals surface area contributed by atoms with E-state index < -0.39 is 6.17 Å². The van der Waals surface area contributed by atoms with Gasteiger partial charge in [-0.3, -0.25) is 0 Å². The van der Waals surface area contributed by atoms with Gasteiger partial charge < -0.3 is 10.3 Å². The molecule has 0 saturated carbocycles. The van der Waals surface area contributed by atoms with E-state index in [1.807, 2.05) is 0 Å². The van der Waals surface area contributed by atoms with Crippen molar-refractivity contribution in [1.82, 2.24) is 5.16 Å². The first-order valence-electron chi connectivity index (χ1n) is 3.97. The van der Waals surface area contributed by atoms with Crippen molar-refractivity contribution in [3.8, 4) is 0 Å².